The molecule has 1 aromatic carbocycles. The maximum atomic E-state index is 12.4. The third-order valence-electron chi connectivity index (χ3n) is 4.93. The molecule has 1 fully saturated rings. The Morgan fingerprint density at radius 2 is 2.20 bits per heavy atom. The van der Waals surface area contributed by atoms with Crippen molar-refractivity contribution in [3.05, 3.63) is 35.9 Å². The van der Waals surface area contributed by atoms with Crippen LogP contribution < -0.4 is 10.6 Å². The van der Waals surface area contributed by atoms with Gasteiger partial charge in [0.25, 0.3) is 0 Å². The van der Waals surface area contributed by atoms with Gasteiger partial charge in [-0.25, -0.2) is 0 Å². The third-order valence-corrected chi connectivity index (χ3v) is 4.93. The average Bonchev–Trinajstić information content (AvgIpc) is 3.10. The fourth-order valence-electron chi connectivity index (χ4n) is 3.86. The SMILES string of the molecule is O=C(Nc1ccc2c(c1)NCCC2)C1CC2C=CC1C2. The van der Waals surface area contributed by atoms with Gasteiger partial charge in [-0.15, -0.1) is 0 Å². The minimum atomic E-state index is 0.175. The monoisotopic (exact) mass is 268 g/mol. The largest absolute Gasteiger partial charge is 0.385 e. The van der Waals surface area contributed by atoms with Crippen molar-refractivity contribution >= 4 is 17.3 Å². The zero-order valence-corrected chi connectivity index (χ0v) is 11.6. The van der Waals surface area contributed by atoms with Crippen molar-refractivity contribution in [2.24, 2.45) is 17.8 Å². The van der Waals surface area contributed by atoms with Gasteiger partial charge >= 0.3 is 0 Å². The molecule has 1 aliphatic heterocycles. The van der Waals surface area contributed by atoms with Crippen LogP contribution >= 0.6 is 0 Å². The Balaban J connectivity index is 1.49. The van der Waals surface area contributed by atoms with Crippen LogP contribution in [-0.4, -0.2) is 12.5 Å². The number of carbonyl (C=O) groups is 1. The van der Waals surface area contributed by atoms with E-state index in [-0.39, 0.29) is 11.8 Å². The highest BCUT2D eigenvalue weighted by molar-refractivity contribution is 5.94. The number of amides is 1. The van der Waals surface area contributed by atoms with Gasteiger partial charge in [0.2, 0.25) is 5.91 Å². The second-order valence-corrected chi connectivity index (χ2v) is 6.28. The Hall–Kier alpha value is -1.77. The summed E-state index contributed by atoms with van der Waals surface area (Å²) in [5.41, 5.74) is 3.47. The van der Waals surface area contributed by atoms with E-state index in [1.165, 1.54) is 24.1 Å². The number of hydrogen-bond donors (Lipinski definition) is 2. The molecular weight excluding hydrogens is 248 g/mol. The molecule has 1 aromatic rings. The molecule has 2 bridgehead atoms. The highest BCUT2D eigenvalue weighted by Crippen LogP contribution is 2.43. The van der Waals surface area contributed by atoms with Gasteiger partial charge in [0.1, 0.15) is 0 Å². The summed E-state index contributed by atoms with van der Waals surface area (Å²) < 4.78 is 0. The van der Waals surface area contributed by atoms with Gasteiger partial charge in [-0.05, 0) is 55.2 Å². The van der Waals surface area contributed by atoms with Crippen LogP contribution in [0, 0.1) is 17.8 Å². The van der Waals surface area contributed by atoms with Gasteiger partial charge in [-0.3, -0.25) is 4.79 Å². The van der Waals surface area contributed by atoms with Crippen molar-refractivity contribution in [3.8, 4) is 0 Å². The first-order valence-electron chi connectivity index (χ1n) is 7.65. The number of benzene rings is 1. The summed E-state index contributed by atoms with van der Waals surface area (Å²) in [6.07, 6.45) is 9.02. The number of anilines is 2. The molecule has 20 heavy (non-hydrogen) atoms. The Morgan fingerprint density at radius 1 is 1.25 bits per heavy atom. The summed E-state index contributed by atoms with van der Waals surface area (Å²) in [4.78, 5) is 12.4. The minimum absolute atomic E-state index is 0.175. The van der Waals surface area contributed by atoms with Crippen LogP contribution in [0.3, 0.4) is 0 Å². The molecule has 0 radical (unpaired) electrons. The Bertz CT molecular complexity index is 578. The fraction of sp³-hybridized carbons (Fsp3) is 0.471. The van der Waals surface area contributed by atoms with Crippen LogP contribution in [0.25, 0.3) is 0 Å². The van der Waals surface area contributed by atoms with Gasteiger partial charge in [0.15, 0.2) is 0 Å². The normalized spacial score (nSPS) is 29.9. The lowest BCUT2D eigenvalue weighted by atomic mass is 9.92. The van der Waals surface area contributed by atoms with E-state index in [4.69, 9.17) is 0 Å². The lowest BCUT2D eigenvalue weighted by Crippen LogP contribution is -2.26. The Kier molecular flexibility index (Phi) is 2.79. The summed E-state index contributed by atoms with van der Waals surface area (Å²) in [6, 6.07) is 6.25. The van der Waals surface area contributed by atoms with Crippen LogP contribution in [0.4, 0.5) is 11.4 Å². The highest BCUT2D eigenvalue weighted by atomic mass is 16.1. The van der Waals surface area contributed by atoms with E-state index in [0.29, 0.717) is 11.8 Å². The second kappa shape index (κ2) is 4.65. The van der Waals surface area contributed by atoms with E-state index in [1.54, 1.807) is 0 Å². The van der Waals surface area contributed by atoms with Gasteiger partial charge in [-0.2, -0.15) is 0 Å². The standard InChI is InChI=1S/C17H20N2O/c20-17(15-9-11-3-4-13(15)8-11)19-14-6-5-12-2-1-7-18-16(12)10-14/h3-6,10-11,13,15,18H,1-2,7-9H2,(H,19,20). The number of rotatable bonds is 2. The molecule has 1 heterocycles. The summed E-state index contributed by atoms with van der Waals surface area (Å²) in [6.45, 7) is 1.03. The van der Waals surface area contributed by atoms with E-state index in [0.717, 1.165) is 25.1 Å². The van der Waals surface area contributed by atoms with Crippen molar-refractivity contribution in [1.29, 1.82) is 0 Å². The second-order valence-electron chi connectivity index (χ2n) is 6.28. The summed E-state index contributed by atoms with van der Waals surface area (Å²) in [7, 11) is 0. The van der Waals surface area contributed by atoms with Gasteiger partial charge in [0, 0.05) is 23.8 Å². The molecule has 0 aromatic heterocycles. The van der Waals surface area contributed by atoms with Crippen molar-refractivity contribution < 1.29 is 4.79 Å². The van der Waals surface area contributed by atoms with E-state index in [1.807, 2.05) is 6.07 Å². The molecule has 4 rings (SSSR count). The molecule has 0 spiro atoms. The van der Waals surface area contributed by atoms with E-state index >= 15 is 0 Å². The molecule has 3 nitrogen and oxygen atoms in total. The van der Waals surface area contributed by atoms with Crippen LogP contribution in [-0.2, 0) is 11.2 Å². The van der Waals surface area contributed by atoms with Crippen molar-refractivity contribution in [2.45, 2.75) is 25.7 Å². The number of fused-ring (bicyclic) bond motifs is 3. The minimum Gasteiger partial charge on any atom is -0.385 e. The maximum absolute atomic E-state index is 12.4. The smallest absolute Gasteiger partial charge is 0.228 e. The molecule has 3 unspecified atom stereocenters. The van der Waals surface area contributed by atoms with Crippen LogP contribution in [0.5, 0.6) is 0 Å². The zero-order valence-electron chi connectivity index (χ0n) is 11.6. The average molecular weight is 268 g/mol. The molecule has 3 aliphatic rings. The maximum Gasteiger partial charge on any atom is 0.228 e. The van der Waals surface area contributed by atoms with Crippen molar-refractivity contribution in [3.63, 3.8) is 0 Å². The topological polar surface area (TPSA) is 41.1 Å². The summed E-state index contributed by atoms with van der Waals surface area (Å²) >= 11 is 0. The number of allylic oxidation sites excluding steroid dienone is 2. The number of carbonyl (C=O) groups excluding carboxylic acids is 1. The van der Waals surface area contributed by atoms with E-state index in [9.17, 15) is 4.79 Å². The van der Waals surface area contributed by atoms with E-state index in [2.05, 4.69) is 34.9 Å². The predicted molar refractivity (Wildman–Crippen MR) is 80.7 cm³/mol. The third kappa shape index (κ3) is 2.01. The highest BCUT2D eigenvalue weighted by Gasteiger charge is 2.39. The van der Waals surface area contributed by atoms with Crippen LogP contribution in [0.1, 0.15) is 24.8 Å². The predicted octanol–water partition coefficient (Wildman–Crippen LogP) is 3.20. The van der Waals surface area contributed by atoms with Crippen LogP contribution in [0.2, 0.25) is 0 Å². The van der Waals surface area contributed by atoms with Crippen LogP contribution in [0.15, 0.2) is 30.4 Å². The molecule has 1 saturated carbocycles. The first-order chi connectivity index (χ1) is 9.79. The summed E-state index contributed by atoms with van der Waals surface area (Å²) in [5, 5.41) is 6.52. The number of nitrogens with one attached hydrogen (secondary N) is 2. The molecule has 1 amide bonds. The molecule has 3 heteroatoms. The molecule has 104 valence electrons. The lowest BCUT2D eigenvalue weighted by Gasteiger charge is -2.21. The molecule has 2 aliphatic carbocycles. The zero-order chi connectivity index (χ0) is 13.5. The summed E-state index contributed by atoms with van der Waals surface area (Å²) in [5.74, 6) is 1.48. The number of hydrogen-bond acceptors (Lipinski definition) is 2. The first kappa shape index (κ1) is 12.0. The van der Waals surface area contributed by atoms with Gasteiger partial charge in [0.05, 0.1) is 0 Å². The van der Waals surface area contributed by atoms with Crippen molar-refractivity contribution in [2.75, 3.05) is 17.2 Å². The Morgan fingerprint density at radius 3 is 3.00 bits per heavy atom. The molecule has 2 N–H and O–H groups in total. The Labute approximate surface area is 119 Å². The quantitative estimate of drug-likeness (QED) is 0.809. The number of aryl methyl sites for hydroxylation is 1. The molecule has 0 saturated heterocycles. The van der Waals surface area contributed by atoms with Crippen molar-refractivity contribution in [1.82, 2.24) is 0 Å². The van der Waals surface area contributed by atoms with Gasteiger partial charge in [-0.1, -0.05) is 18.2 Å². The molecular formula is C17H20N2O. The van der Waals surface area contributed by atoms with E-state index < -0.39 is 0 Å². The molecule has 3 atom stereocenters. The fourth-order valence-corrected chi connectivity index (χ4v) is 3.86. The van der Waals surface area contributed by atoms with Gasteiger partial charge < -0.3 is 10.6 Å². The first-order valence-corrected chi connectivity index (χ1v) is 7.65. The lowest BCUT2D eigenvalue weighted by molar-refractivity contribution is -0.120.